The highest BCUT2D eigenvalue weighted by Crippen LogP contribution is 2.31. The predicted molar refractivity (Wildman–Crippen MR) is 99.7 cm³/mol. The Morgan fingerprint density at radius 3 is 2.47 bits per heavy atom. The smallest absolute Gasteiger partial charge is 0.348 e. The number of nitrogens with zero attached hydrogens (tertiary/aromatic N) is 4. The molecule has 0 unspecified atom stereocenters. The molecule has 3 rings (SSSR count). The van der Waals surface area contributed by atoms with Crippen LogP contribution in [0.3, 0.4) is 0 Å². The maximum atomic E-state index is 13.2. The Morgan fingerprint density at radius 2 is 1.87 bits per heavy atom. The summed E-state index contributed by atoms with van der Waals surface area (Å²) >= 11 is 0. The molecule has 158 valence electrons. The van der Waals surface area contributed by atoms with E-state index in [4.69, 9.17) is 0 Å². The summed E-state index contributed by atoms with van der Waals surface area (Å²) in [6, 6.07) is 8.88. The first-order chi connectivity index (χ1) is 14.1. The third kappa shape index (κ3) is 5.00. The summed E-state index contributed by atoms with van der Waals surface area (Å²) in [6.45, 7) is 3.22. The van der Waals surface area contributed by atoms with Gasteiger partial charge >= 0.3 is 6.18 Å². The van der Waals surface area contributed by atoms with Gasteiger partial charge in [-0.2, -0.15) is 13.2 Å². The molecule has 0 spiro atoms. The third-order valence-corrected chi connectivity index (χ3v) is 4.67. The molecule has 0 aliphatic heterocycles. The molecule has 30 heavy (non-hydrogen) atoms. The second-order valence-corrected chi connectivity index (χ2v) is 6.87. The summed E-state index contributed by atoms with van der Waals surface area (Å²) in [6.07, 6.45) is -4.30. The van der Waals surface area contributed by atoms with Gasteiger partial charge in [0.25, 0.3) is 0 Å². The van der Waals surface area contributed by atoms with Crippen LogP contribution in [0.4, 0.5) is 17.6 Å². The highest BCUT2D eigenvalue weighted by Gasteiger charge is 2.31. The number of hydrogen-bond donors (Lipinski definition) is 1. The normalized spacial score (nSPS) is 13.7. The van der Waals surface area contributed by atoms with Gasteiger partial charge in [0.2, 0.25) is 5.91 Å². The van der Waals surface area contributed by atoms with Crippen LogP contribution in [-0.4, -0.2) is 26.1 Å². The van der Waals surface area contributed by atoms with E-state index in [1.165, 1.54) is 28.9 Å². The summed E-state index contributed by atoms with van der Waals surface area (Å²) in [7, 11) is 0. The van der Waals surface area contributed by atoms with Crippen molar-refractivity contribution in [2.45, 2.75) is 38.5 Å². The molecule has 2 aromatic carbocycles. The van der Waals surface area contributed by atoms with Crippen LogP contribution in [-0.2, 0) is 17.4 Å². The van der Waals surface area contributed by atoms with Crippen LogP contribution in [0.25, 0.3) is 0 Å². The lowest BCUT2D eigenvalue weighted by molar-refractivity contribution is -0.137. The van der Waals surface area contributed by atoms with Crippen LogP contribution < -0.4 is 5.32 Å². The number of rotatable bonds is 6. The molecule has 0 saturated heterocycles. The standard InChI is InChI=1S/C20H19F4N5O/c1-12(15-4-3-5-16(11-15)20(22,23)24)25-19(30)18(29-13(2)26-27-28-29)10-14-6-8-17(21)9-7-14/h3-9,11-12,18H,10H2,1-2H3,(H,25,30)/t12-,18+/m0/s1. The number of halogens is 4. The number of alkyl halides is 3. The lowest BCUT2D eigenvalue weighted by atomic mass is 10.0. The number of amides is 1. The lowest BCUT2D eigenvalue weighted by Crippen LogP contribution is -2.36. The van der Waals surface area contributed by atoms with Gasteiger partial charge in [-0.1, -0.05) is 24.3 Å². The molecule has 0 radical (unpaired) electrons. The Hall–Kier alpha value is -3.30. The fourth-order valence-electron chi connectivity index (χ4n) is 3.04. The minimum Gasteiger partial charge on any atom is -0.348 e. The third-order valence-electron chi connectivity index (χ3n) is 4.67. The van der Waals surface area contributed by atoms with E-state index >= 15 is 0 Å². The molecule has 0 aliphatic carbocycles. The molecule has 1 N–H and O–H groups in total. The number of carbonyl (C=O) groups excluding carboxylic acids is 1. The second kappa shape index (κ2) is 8.60. The second-order valence-electron chi connectivity index (χ2n) is 6.87. The Morgan fingerprint density at radius 1 is 1.17 bits per heavy atom. The molecule has 1 heterocycles. The van der Waals surface area contributed by atoms with Crippen molar-refractivity contribution in [3.8, 4) is 0 Å². The lowest BCUT2D eigenvalue weighted by Gasteiger charge is -2.21. The molecule has 0 saturated carbocycles. The topological polar surface area (TPSA) is 72.7 Å². The maximum absolute atomic E-state index is 13.2. The van der Waals surface area contributed by atoms with E-state index in [0.29, 0.717) is 17.0 Å². The van der Waals surface area contributed by atoms with Crippen molar-refractivity contribution < 1.29 is 22.4 Å². The Balaban J connectivity index is 1.83. The monoisotopic (exact) mass is 421 g/mol. The molecule has 1 aromatic heterocycles. The molecular weight excluding hydrogens is 402 g/mol. The van der Waals surface area contributed by atoms with Gasteiger partial charge in [0.1, 0.15) is 17.7 Å². The van der Waals surface area contributed by atoms with Gasteiger partial charge in [-0.05, 0) is 59.7 Å². The molecule has 2 atom stereocenters. The van der Waals surface area contributed by atoms with Gasteiger partial charge in [0.15, 0.2) is 0 Å². The largest absolute Gasteiger partial charge is 0.416 e. The molecular formula is C20H19F4N5O. The van der Waals surface area contributed by atoms with Gasteiger partial charge in [-0.25, -0.2) is 9.07 Å². The summed E-state index contributed by atoms with van der Waals surface area (Å²) in [5.74, 6) is -0.486. The van der Waals surface area contributed by atoms with Crippen molar-refractivity contribution in [2.75, 3.05) is 0 Å². The molecule has 6 nitrogen and oxygen atoms in total. The molecule has 1 amide bonds. The summed E-state index contributed by atoms with van der Waals surface area (Å²) < 4.78 is 53.5. The fraction of sp³-hybridized carbons (Fsp3) is 0.300. The van der Waals surface area contributed by atoms with Crippen molar-refractivity contribution in [2.24, 2.45) is 0 Å². The highest BCUT2D eigenvalue weighted by atomic mass is 19.4. The maximum Gasteiger partial charge on any atom is 0.416 e. The first-order valence-electron chi connectivity index (χ1n) is 9.11. The Bertz CT molecular complexity index is 1020. The SMILES string of the molecule is Cc1nnnn1[C@H](Cc1ccc(F)cc1)C(=O)N[C@@H](C)c1cccc(C(F)(F)F)c1. The van der Waals surface area contributed by atoms with E-state index < -0.39 is 35.5 Å². The number of aromatic nitrogens is 4. The van der Waals surface area contributed by atoms with Crippen LogP contribution in [0.5, 0.6) is 0 Å². The van der Waals surface area contributed by atoms with Crippen molar-refractivity contribution in [3.63, 3.8) is 0 Å². The zero-order chi connectivity index (χ0) is 21.9. The van der Waals surface area contributed by atoms with E-state index in [1.54, 1.807) is 26.0 Å². The predicted octanol–water partition coefficient (Wildman–Crippen LogP) is 3.80. The van der Waals surface area contributed by atoms with Crippen LogP contribution in [0.2, 0.25) is 0 Å². The van der Waals surface area contributed by atoms with Gasteiger partial charge in [0, 0.05) is 6.42 Å². The van der Waals surface area contributed by atoms with Crippen molar-refractivity contribution in [1.82, 2.24) is 25.5 Å². The van der Waals surface area contributed by atoms with Crippen LogP contribution in [0, 0.1) is 12.7 Å². The number of hydrogen-bond acceptors (Lipinski definition) is 4. The molecule has 10 heteroatoms. The molecule has 0 aliphatic rings. The fourth-order valence-corrected chi connectivity index (χ4v) is 3.04. The molecule has 0 bridgehead atoms. The number of tetrazole rings is 1. The highest BCUT2D eigenvalue weighted by molar-refractivity contribution is 5.81. The molecule has 0 fully saturated rings. The zero-order valence-corrected chi connectivity index (χ0v) is 16.2. The molecule has 3 aromatic rings. The van der Waals surface area contributed by atoms with E-state index in [2.05, 4.69) is 20.8 Å². The summed E-state index contributed by atoms with van der Waals surface area (Å²) in [5, 5.41) is 13.9. The van der Waals surface area contributed by atoms with Gasteiger partial charge in [-0.15, -0.1) is 5.10 Å². The Kier molecular flexibility index (Phi) is 6.14. The van der Waals surface area contributed by atoms with Crippen molar-refractivity contribution in [1.29, 1.82) is 0 Å². The first kappa shape index (κ1) is 21.4. The van der Waals surface area contributed by atoms with Crippen LogP contribution in [0.15, 0.2) is 48.5 Å². The number of benzene rings is 2. The minimum absolute atomic E-state index is 0.174. The minimum atomic E-state index is -4.48. The summed E-state index contributed by atoms with van der Waals surface area (Å²) in [5.41, 5.74) is 0.200. The van der Waals surface area contributed by atoms with E-state index in [9.17, 15) is 22.4 Å². The van der Waals surface area contributed by atoms with Gasteiger partial charge in [0.05, 0.1) is 11.6 Å². The van der Waals surface area contributed by atoms with Gasteiger partial charge < -0.3 is 5.32 Å². The van der Waals surface area contributed by atoms with Crippen LogP contribution >= 0.6 is 0 Å². The first-order valence-corrected chi connectivity index (χ1v) is 9.11. The average Bonchev–Trinajstić information content (AvgIpc) is 3.12. The van der Waals surface area contributed by atoms with E-state index in [0.717, 1.165) is 12.1 Å². The number of nitrogens with one attached hydrogen (secondary N) is 1. The van der Waals surface area contributed by atoms with Crippen LogP contribution in [0.1, 0.15) is 41.5 Å². The summed E-state index contributed by atoms with van der Waals surface area (Å²) in [4.78, 5) is 13.0. The van der Waals surface area contributed by atoms with E-state index in [-0.39, 0.29) is 6.42 Å². The Labute approximate surface area is 169 Å². The quantitative estimate of drug-likeness (QED) is 0.615. The number of aryl methyl sites for hydroxylation is 1. The van der Waals surface area contributed by atoms with Gasteiger partial charge in [-0.3, -0.25) is 4.79 Å². The van der Waals surface area contributed by atoms with E-state index in [1.807, 2.05) is 0 Å². The van der Waals surface area contributed by atoms with Crippen molar-refractivity contribution in [3.05, 3.63) is 76.9 Å². The number of carbonyl (C=O) groups is 1. The average molecular weight is 421 g/mol. The van der Waals surface area contributed by atoms with Crippen molar-refractivity contribution >= 4 is 5.91 Å². The zero-order valence-electron chi connectivity index (χ0n) is 16.2.